The van der Waals surface area contributed by atoms with E-state index in [4.69, 9.17) is 0 Å². The summed E-state index contributed by atoms with van der Waals surface area (Å²) >= 11 is 0. The molecule has 0 bridgehead atoms. The van der Waals surface area contributed by atoms with Crippen LogP contribution < -0.4 is 5.32 Å². The molecule has 1 aromatic rings. The Morgan fingerprint density at radius 3 is 2.29 bits per heavy atom. The minimum Gasteiger partial charge on any atom is -0.313 e. The molecule has 1 aromatic carbocycles. The molecule has 2 rings (SSSR count). The topological polar surface area (TPSA) is 15.3 Å². The highest BCUT2D eigenvalue weighted by molar-refractivity contribution is 5.26. The van der Waals surface area contributed by atoms with Crippen molar-refractivity contribution in [3.8, 4) is 0 Å². The summed E-state index contributed by atoms with van der Waals surface area (Å²) in [6, 6.07) is 10.4. The van der Waals surface area contributed by atoms with E-state index in [-0.39, 0.29) is 0 Å². The molecule has 0 spiro atoms. The SMILES string of the molecule is CCN(CC1CCCCN1)C(C)c1ccc(C(C)C)cc1. The van der Waals surface area contributed by atoms with E-state index in [1.54, 1.807) is 0 Å². The van der Waals surface area contributed by atoms with Crippen LogP contribution in [0.2, 0.25) is 0 Å². The minimum atomic E-state index is 0.500. The van der Waals surface area contributed by atoms with Crippen molar-refractivity contribution >= 4 is 0 Å². The highest BCUT2D eigenvalue weighted by Gasteiger charge is 2.20. The molecule has 118 valence electrons. The molecule has 21 heavy (non-hydrogen) atoms. The summed E-state index contributed by atoms with van der Waals surface area (Å²) in [5.41, 5.74) is 2.88. The molecule has 1 aliphatic heterocycles. The van der Waals surface area contributed by atoms with Crippen molar-refractivity contribution < 1.29 is 0 Å². The van der Waals surface area contributed by atoms with E-state index in [2.05, 4.69) is 62.2 Å². The molecule has 2 unspecified atom stereocenters. The van der Waals surface area contributed by atoms with E-state index < -0.39 is 0 Å². The first kappa shape index (κ1) is 16.5. The normalized spacial score (nSPS) is 21.0. The third kappa shape index (κ3) is 4.55. The zero-order valence-corrected chi connectivity index (χ0v) is 14.2. The van der Waals surface area contributed by atoms with Crippen LogP contribution in [0.1, 0.15) is 70.0 Å². The fraction of sp³-hybridized carbons (Fsp3) is 0.684. The molecule has 1 N–H and O–H groups in total. The zero-order chi connectivity index (χ0) is 15.2. The van der Waals surface area contributed by atoms with Crippen LogP contribution >= 0.6 is 0 Å². The van der Waals surface area contributed by atoms with Crippen molar-refractivity contribution in [2.24, 2.45) is 0 Å². The van der Waals surface area contributed by atoms with E-state index >= 15 is 0 Å². The highest BCUT2D eigenvalue weighted by Crippen LogP contribution is 2.23. The van der Waals surface area contributed by atoms with Gasteiger partial charge in [-0.1, -0.05) is 51.5 Å². The lowest BCUT2D eigenvalue weighted by Crippen LogP contribution is -2.44. The Morgan fingerprint density at radius 1 is 1.10 bits per heavy atom. The highest BCUT2D eigenvalue weighted by atomic mass is 15.2. The van der Waals surface area contributed by atoms with Gasteiger partial charge in [0.1, 0.15) is 0 Å². The molecule has 0 saturated carbocycles. The quantitative estimate of drug-likeness (QED) is 0.838. The third-order valence-electron chi connectivity index (χ3n) is 4.91. The molecule has 1 aliphatic rings. The van der Waals surface area contributed by atoms with Crippen LogP contribution in [0.5, 0.6) is 0 Å². The van der Waals surface area contributed by atoms with Crippen LogP contribution in [0.4, 0.5) is 0 Å². The minimum absolute atomic E-state index is 0.500. The van der Waals surface area contributed by atoms with Gasteiger partial charge in [0, 0.05) is 18.6 Å². The summed E-state index contributed by atoms with van der Waals surface area (Å²) in [5, 5.41) is 3.67. The molecule has 2 atom stereocenters. The lowest BCUT2D eigenvalue weighted by molar-refractivity contribution is 0.184. The van der Waals surface area contributed by atoms with Gasteiger partial charge in [0.15, 0.2) is 0 Å². The summed E-state index contributed by atoms with van der Waals surface area (Å²) in [4.78, 5) is 2.60. The van der Waals surface area contributed by atoms with Crippen molar-refractivity contribution in [2.45, 2.75) is 65.0 Å². The van der Waals surface area contributed by atoms with Crippen LogP contribution in [-0.2, 0) is 0 Å². The Labute approximate surface area is 130 Å². The molecule has 2 heteroatoms. The van der Waals surface area contributed by atoms with E-state index in [0.29, 0.717) is 18.0 Å². The number of nitrogens with zero attached hydrogens (tertiary/aromatic N) is 1. The van der Waals surface area contributed by atoms with Crippen LogP contribution in [0.15, 0.2) is 24.3 Å². The Hall–Kier alpha value is -0.860. The van der Waals surface area contributed by atoms with Crippen LogP contribution in [-0.4, -0.2) is 30.6 Å². The smallest absolute Gasteiger partial charge is 0.0320 e. The third-order valence-corrected chi connectivity index (χ3v) is 4.91. The summed E-state index contributed by atoms with van der Waals surface area (Å²) < 4.78 is 0. The van der Waals surface area contributed by atoms with Gasteiger partial charge in [0.2, 0.25) is 0 Å². The maximum absolute atomic E-state index is 3.67. The van der Waals surface area contributed by atoms with Crippen molar-refractivity contribution in [1.82, 2.24) is 10.2 Å². The van der Waals surface area contributed by atoms with Gasteiger partial charge < -0.3 is 5.32 Å². The Kier molecular flexibility index (Phi) is 6.25. The second-order valence-electron chi connectivity index (χ2n) is 6.73. The molecule has 1 fully saturated rings. The van der Waals surface area contributed by atoms with Crippen LogP contribution in [0.3, 0.4) is 0 Å². The predicted octanol–water partition coefficient (Wildman–Crippen LogP) is 4.34. The maximum atomic E-state index is 3.67. The van der Waals surface area contributed by atoms with E-state index in [1.807, 2.05) is 0 Å². The summed E-state index contributed by atoms with van der Waals surface area (Å²) in [5.74, 6) is 0.614. The molecular weight excluding hydrogens is 256 g/mol. The average molecular weight is 288 g/mol. The first-order valence-corrected chi connectivity index (χ1v) is 8.69. The second kappa shape index (κ2) is 7.95. The van der Waals surface area contributed by atoms with E-state index in [9.17, 15) is 0 Å². The molecule has 0 amide bonds. The van der Waals surface area contributed by atoms with Crippen LogP contribution in [0, 0.1) is 0 Å². The number of benzene rings is 1. The molecule has 0 aromatic heterocycles. The number of hydrogen-bond acceptors (Lipinski definition) is 2. The summed E-state index contributed by atoms with van der Waals surface area (Å²) in [6.45, 7) is 12.6. The molecule has 1 saturated heterocycles. The number of likely N-dealkylation sites (N-methyl/N-ethyl adjacent to an activating group) is 1. The van der Waals surface area contributed by atoms with Gasteiger partial charge in [-0.3, -0.25) is 4.90 Å². The molecular formula is C19H32N2. The molecule has 0 aliphatic carbocycles. The van der Waals surface area contributed by atoms with Gasteiger partial charge in [0.25, 0.3) is 0 Å². The molecule has 0 radical (unpaired) electrons. The number of nitrogens with one attached hydrogen (secondary N) is 1. The molecule has 1 heterocycles. The Bertz CT molecular complexity index is 404. The first-order chi connectivity index (χ1) is 10.1. The van der Waals surface area contributed by atoms with Crippen molar-refractivity contribution in [1.29, 1.82) is 0 Å². The van der Waals surface area contributed by atoms with Crippen molar-refractivity contribution in [3.63, 3.8) is 0 Å². The average Bonchev–Trinajstić information content (AvgIpc) is 2.53. The van der Waals surface area contributed by atoms with Gasteiger partial charge >= 0.3 is 0 Å². The second-order valence-corrected chi connectivity index (χ2v) is 6.73. The Morgan fingerprint density at radius 2 is 1.76 bits per heavy atom. The monoisotopic (exact) mass is 288 g/mol. The summed E-state index contributed by atoms with van der Waals surface area (Å²) in [6.07, 6.45) is 4.05. The van der Waals surface area contributed by atoms with Gasteiger partial charge in [-0.25, -0.2) is 0 Å². The fourth-order valence-electron chi connectivity index (χ4n) is 3.29. The van der Waals surface area contributed by atoms with Crippen molar-refractivity contribution in [3.05, 3.63) is 35.4 Å². The molecule has 2 nitrogen and oxygen atoms in total. The number of piperidine rings is 1. The lowest BCUT2D eigenvalue weighted by atomic mass is 9.98. The summed E-state index contributed by atoms with van der Waals surface area (Å²) in [7, 11) is 0. The first-order valence-electron chi connectivity index (χ1n) is 8.69. The zero-order valence-electron chi connectivity index (χ0n) is 14.2. The predicted molar refractivity (Wildman–Crippen MR) is 91.8 cm³/mol. The van der Waals surface area contributed by atoms with Gasteiger partial charge in [-0.15, -0.1) is 0 Å². The van der Waals surface area contributed by atoms with Gasteiger partial charge in [-0.2, -0.15) is 0 Å². The van der Waals surface area contributed by atoms with E-state index in [1.165, 1.54) is 43.5 Å². The number of hydrogen-bond donors (Lipinski definition) is 1. The van der Waals surface area contributed by atoms with E-state index in [0.717, 1.165) is 6.54 Å². The number of rotatable bonds is 6. The van der Waals surface area contributed by atoms with Gasteiger partial charge in [0.05, 0.1) is 0 Å². The van der Waals surface area contributed by atoms with Crippen LogP contribution in [0.25, 0.3) is 0 Å². The maximum Gasteiger partial charge on any atom is 0.0320 e. The fourth-order valence-corrected chi connectivity index (χ4v) is 3.29. The van der Waals surface area contributed by atoms with Crippen molar-refractivity contribution in [2.75, 3.05) is 19.6 Å². The largest absolute Gasteiger partial charge is 0.313 e. The lowest BCUT2D eigenvalue weighted by Gasteiger charge is -2.34. The standard InChI is InChI=1S/C19H32N2/c1-5-21(14-19-8-6-7-13-20-19)16(4)18-11-9-17(10-12-18)15(2)3/h9-12,15-16,19-20H,5-8,13-14H2,1-4H3. The Balaban J connectivity index is 1.99. The van der Waals surface area contributed by atoms with Gasteiger partial charge in [-0.05, 0) is 49.9 Å².